The third kappa shape index (κ3) is 5.47. The summed E-state index contributed by atoms with van der Waals surface area (Å²) in [5.74, 6) is 1.65. The number of carbonyl (C=O) groups excluding carboxylic acids is 1. The maximum absolute atomic E-state index is 14.1. The molecule has 0 spiro atoms. The Balaban J connectivity index is 1.47. The first-order valence-corrected chi connectivity index (χ1v) is 12.9. The Hall–Kier alpha value is -3.57. The third-order valence-electron chi connectivity index (χ3n) is 6.88. The predicted octanol–water partition coefficient (Wildman–Crippen LogP) is 5.70. The number of amides is 1. The Morgan fingerprint density at radius 3 is 2.44 bits per heavy atom. The summed E-state index contributed by atoms with van der Waals surface area (Å²) in [4.78, 5) is 16.1. The number of nitrogens with one attached hydrogen (secondary N) is 1. The van der Waals surface area contributed by atoms with Crippen LogP contribution in [0.15, 0.2) is 78.4 Å². The summed E-state index contributed by atoms with van der Waals surface area (Å²) in [6.45, 7) is 4.56. The molecule has 1 fully saturated rings. The molecule has 0 unspecified atom stereocenters. The van der Waals surface area contributed by atoms with E-state index in [-0.39, 0.29) is 11.9 Å². The van der Waals surface area contributed by atoms with E-state index in [4.69, 9.17) is 9.47 Å². The van der Waals surface area contributed by atoms with Gasteiger partial charge in [-0.1, -0.05) is 48.5 Å². The minimum absolute atomic E-state index is 0.130. The second-order valence-corrected chi connectivity index (χ2v) is 9.44. The van der Waals surface area contributed by atoms with Gasteiger partial charge in [-0.15, -0.1) is 0 Å². The highest BCUT2D eigenvalue weighted by Crippen LogP contribution is 2.35. The fraction of sp³-hybridized carbons (Fsp3) is 0.323. The van der Waals surface area contributed by atoms with Crippen molar-refractivity contribution < 1.29 is 14.3 Å². The Morgan fingerprint density at radius 2 is 1.69 bits per heavy atom. The second-order valence-electron chi connectivity index (χ2n) is 9.44. The van der Waals surface area contributed by atoms with Crippen LogP contribution >= 0.6 is 0 Å². The highest BCUT2D eigenvalue weighted by Gasteiger charge is 2.35. The van der Waals surface area contributed by atoms with Crippen LogP contribution in [0.2, 0.25) is 0 Å². The third-order valence-corrected chi connectivity index (χ3v) is 6.88. The Bertz CT molecular complexity index is 1250. The van der Waals surface area contributed by atoms with Crippen LogP contribution in [0.1, 0.15) is 37.3 Å². The molecule has 1 heterocycles. The van der Waals surface area contributed by atoms with Gasteiger partial charge in [0.05, 0.1) is 13.7 Å². The molecule has 0 bridgehead atoms. The number of rotatable bonds is 9. The monoisotopic (exact) mass is 482 g/mol. The highest BCUT2D eigenvalue weighted by atomic mass is 16.5. The van der Waals surface area contributed by atoms with E-state index in [1.54, 1.807) is 7.11 Å². The molecule has 3 aromatic rings. The number of ether oxygens (including phenoxy) is 2. The second kappa shape index (κ2) is 11.0. The van der Waals surface area contributed by atoms with Crippen LogP contribution in [0.5, 0.6) is 11.5 Å². The van der Waals surface area contributed by atoms with Crippen molar-refractivity contribution in [3.05, 3.63) is 89.5 Å². The number of hydrogen-bond donors (Lipinski definition) is 1. The number of nitrogens with zero attached hydrogens (tertiary/aromatic N) is 1. The zero-order chi connectivity index (χ0) is 24.9. The van der Waals surface area contributed by atoms with Crippen molar-refractivity contribution >= 4 is 11.5 Å². The summed E-state index contributed by atoms with van der Waals surface area (Å²) >= 11 is 0. The molecule has 0 saturated heterocycles. The zero-order valence-corrected chi connectivity index (χ0v) is 21.1. The molecule has 1 aliphatic carbocycles. The molecule has 0 atom stereocenters. The van der Waals surface area contributed by atoms with Crippen LogP contribution in [0.4, 0.5) is 0 Å². The van der Waals surface area contributed by atoms with Crippen LogP contribution in [0.25, 0.3) is 16.7 Å². The van der Waals surface area contributed by atoms with Gasteiger partial charge in [-0.2, -0.15) is 0 Å². The molecule has 36 heavy (non-hydrogen) atoms. The summed E-state index contributed by atoms with van der Waals surface area (Å²) in [7, 11) is 1.66. The van der Waals surface area contributed by atoms with Crippen LogP contribution in [0.3, 0.4) is 0 Å². The van der Waals surface area contributed by atoms with Crippen molar-refractivity contribution in [3.63, 3.8) is 0 Å². The molecule has 5 rings (SSSR count). The predicted molar refractivity (Wildman–Crippen MR) is 144 cm³/mol. The van der Waals surface area contributed by atoms with Crippen LogP contribution in [-0.2, 0) is 11.3 Å². The maximum atomic E-state index is 14.1. The summed E-state index contributed by atoms with van der Waals surface area (Å²) < 4.78 is 11.2. The molecule has 0 aromatic heterocycles. The van der Waals surface area contributed by atoms with E-state index in [0.717, 1.165) is 59.6 Å². The lowest BCUT2D eigenvalue weighted by Crippen LogP contribution is -2.39. The highest BCUT2D eigenvalue weighted by molar-refractivity contribution is 6.02. The van der Waals surface area contributed by atoms with E-state index in [9.17, 15) is 4.79 Å². The normalized spacial score (nSPS) is 15.5. The van der Waals surface area contributed by atoms with Gasteiger partial charge in [-0.25, -0.2) is 0 Å². The molecule has 1 saturated carbocycles. The van der Waals surface area contributed by atoms with Gasteiger partial charge in [-0.3, -0.25) is 4.79 Å². The lowest BCUT2D eigenvalue weighted by molar-refractivity contribution is -0.128. The lowest BCUT2D eigenvalue weighted by atomic mass is 9.91. The van der Waals surface area contributed by atoms with E-state index in [0.29, 0.717) is 19.7 Å². The maximum Gasteiger partial charge on any atom is 0.251 e. The minimum Gasteiger partial charge on any atom is -0.497 e. The van der Waals surface area contributed by atoms with E-state index in [1.165, 1.54) is 11.1 Å². The fourth-order valence-corrected chi connectivity index (χ4v) is 4.94. The van der Waals surface area contributed by atoms with E-state index >= 15 is 0 Å². The summed E-state index contributed by atoms with van der Waals surface area (Å²) in [5.41, 5.74) is 6.55. The van der Waals surface area contributed by atoms with Crippen molar-refractivity contribution in [3.8, 4) is 22.6 Å². The van der Waals surface area contributed by atoms with Gasteiger partial charge < -0.3 is 19.7 Å². The minimum atomic E-state index is 0.130. The van der Waals surface area contributed by atoms with Crippen molar-refractivity contribution in [1.82, 2.24) is 10.2 Å². The number of methoxy groups -OCH3 is 1. The molecule has 2 aliphatic rings. The largest absolute Gasteiger partial charge is 0.497 e. The van der Waals surface area contributed by atoms with Gasteiger partial charge in [0.25, 0.3) is 5.91 Å². The number of carbonyl (C=O) groups is 1. The van der Waals surface area contributed by atoms with E-state index in [1.807, 2.05) is 36.1 Å². The van der Waals surface area contributed by atoms with E-state index in [2.05, 4.69) is 53.8 Å². The molecule has 5 heteroatoms. The fourth-order valence-electron chi connectivity index (χ4n) is 4.94. The van der Waals surface area contributed by atoms with Gasteiger partial charge in [0.2, 0.25) is 0 Å². The number of hydrogen-bond acceptors (Lipinski definition) is 4. The smallest absolute Gasteiger partial charge is 0.251 e. The molecule has 5 nitrogen and oxygen atoms in total. The lowest BCUT2D eigenvalue weighted by Gasteiger charge is -2.28. The number of benzene rings is 3. The molecule has 186 valence electrons. The van der Waals surface area contributed by atoms with Crippen molar-refractivity contribution in [1.29, 1.82) is 0 Å². The van der Waals surface area contributed by atoms with Gasteiger partial charge in [-0.05, 0) is 78.8 Å². The van der Waals surface area contributed by atoms with Crippen LogP contribution in [-0.4, -0.2) is 43.7 Å². The first-order valence-electron chi connectivity index (χ1n) is 12.9. The van der Waals surface area contributed by atoms with E-state index < -0.39 is 0 Å². The van der Waals surface area contributed by atoms with Crippen molar-refractivity contribution in [2.45, 2.75) is 38.8 Å². The molecule has 1 aliphatic heterocycles. The SMILES string of the molecule is CCOc1cc(CN(C(=O)C2=C(c3cccc(-c4ccccc4)c3)CCNC2)C2CC2)cc(OC)c1. The van der Waals surface area contributed by atoms with Gasteiger partial charge in [0, 0.05) is 30.8 Å². The first-order chi connectivity index (χ1) is 17.7. The zero-order valence-electron chi connectivity index (χ0n) is 21.1. The summed E-state index contributed by atoms with van der Waals surface area (Å²) in [6.07, 6.45) is 2.94. The van der Waals surface area contributed by atoms with Gasteiger partial charge in [0.15, 0.2) is 0 Å². The summed E-state index contributed by atoms with van der Waals surface area (Å²) in [6, 6.07) is 25.2. The first kappa shape index (κ1) is 24.1. The molecule has 0 radical (unpaired) electrons. The average molecular weight is 483 g/mol. The average Bonchev–Trinajstić information content (AvgIpc) is 3.77. The Kier molecular flexibility index (Phi) is 7.38. The van der Waals surface area contributed by atoms with Gasteiger partial charge in [0.1, 0.15) is 11.5 Å². The standard InChI is InChI=1S/C31H34N2O3/c1-3-36-28-17-22(16-27(19-28)35-2)21-33(26-12-13-26)31(34)30-20-32-15-14-29(30)25-11-7-10-24(18-25)23-8-5-4-6-9-23/h4-11,16-19,26,32H,3,12-15,20-21H2,1-2H3. The van der Waals surface area contributed by atoms with Crippen molar-refractivity contribution in [2.24, 2.45) is 0 Å². The Morgan fingerprint density at radius 1 is 0.944 bits per heavy atom. The quantitative estimate of drug-likeness (QED) is 0.425. The molecular weight excluding hydrogens is 448 g/mol. The van der Waals surface area contributed by atoms with Crippen LogP contribution in [0, 0.1) is 0 Å². The molecular formula is C31H34N2O3. The molecule has 1 N–H and O–H groups in total. The van der Waals surface area contributed by atoms with Crippen LogP contribution < -0.4 is 14.8 Å². The molecule has 3 aromatic carbocycles. The summed E-state index contributed by atoms with van der Waals surface area (Å²) in [5, 5.41) is 3.44. The topological polar surface area (TPSA) is 50.8 Å². The molecule has 1 amide bonds. The Labute approximate surface area is 213 Å². The van der Waals surface area contributed by atoms with Gasteiger partial charge >= 0.3 is 0 Å². The van der Waals surface area contributed by atoms with Crippen molar-refractivity contribution in [2.75, 3.05) is 26.8 Å².